The molecule has 1 aliphatic rings. The predicted octanol–water partition coefficient (Wildman–Crippen LogP) is 4.06. The fourth-order valence-corrected chi connectivity index (χ4v) is 2.76. The highest BCUT2D eigenvalue weighted by molar-refractivity contribution is 6.16. The Labute approximate surface area is 99.2 Å². The summed E-state index contributed by atoms with van der Waals surface area (Å²) in [6.45, 7) is 0. The van der Waals surface area contributed by atoms with Gasteiger partial charge in [0, 0.05) is 11.3 Å². The standard InChI is InChI=1S/C16H11N/c17-15-8-5-11-9-10-3-1-2-4-12(10)13-6-7-14(15)16(11)13/h1-9H,17H2. The fourth-order valence-electron chi connectivity index (χ4n) is 2.76. The largest absolute Gasteiger partial charge is 0.398 e. The van der Waals surface area contributed by atoms with E-state index in [0.29, 0.717) is 0 Å². The highest BCUT2D eigenvalue weighted by Gasteiger charge is 2.14. The summed E-state index contributed by atoms with van der Waals surface area (Å²) in [7, 11) is 0. The molecule has 3 aromatic carbocycles. The Balaban J connectivity index is 2.35. The van der Waals surface area contributed by atoms with E-state index in [9.17, 15) is 0 Å². The van der Waals surface area contributed by atoms with Crippen LogP contribution in [0.1, 0.15) is 11.1 Å². The van der Waals surface area contributed by atoms with Gasteiger partial charge in [-0.1, -0.05) is 42.5 Å². The molecule has 0 fully saturated rings. The van der Waals surface area contributed by atoms with E-state index in [0.717, 1.165) is 5.69 Å². The van der Waals surface area contributed by atoms with Crippen LogP contribution in [-0.4, -0.2) is 0 Å². The van der Waals surface area contributed by atoms with Gasteiger partial charge in [0.25, 0.3) is 0 Å². The lowest BCUT2D eigenvalue weighted by Gasteiger charge is -2.08. The van der Waals surface area contributed by atoms with Crippen LogP contribution in [0.15, 0.2) is 42.5 Å². The van der Waals surface area contributed by atoms with Crippen LogP contribution in [0.5, 0.6) is 0 Å². The number of fused-ring (bicyclic) bond motifs is 2. The maximum atomic E-state index is 6.02. The molecule has 0 amide bonds. The molecule has 0 saturated carbocycles. The molecule has 80 valence electrons. The highest BCUT2D eigenvalue weighted by Crippen LogP contribution is 2.39. The first kappa shape index (κ1) is 8.82. The summed E-state index contributed by atoms with van der Waals surface area (Å²) in [5, 5.41) is 5.16. The summed E-state index contributed by atoms with van der Waals surface area (Å²) in [6, 6.07) is 14.8. The number of nitrogens with two attached hydrogens (primary N) is 1. The van der Waals surface area contributed by atoms with Crippen LogP contribution in [0.25, 0.3) is 33.7 Å². The van der Waals surface area contributed by atoms with Crippen molar-refractivity contribution in [2.45, 2.75) is 0 Å². The molecule has 1 nitrogen and oxygen atoms in total. The number of rotatable bonds is 0. The lowest BCUT2D eigenvalue weighted by atomic mass is 9.97. The normalized spacial score (nSPS) is 12.7. The van der Waals surface area contributed by atoms with Crippen LogP contribution in [0.2, 0.25) is 0 Å². The van der Waals surface area contributed by atoms with Gasteiger partial charge in [0.2, 0.25) is 0 Å². The van der Waals surface area contributed by atoms with Crippen molar-refractivity contribution in [3.8, 4) is 0 Å². The predicted molar refractivity (Wildman–Crippen MR) is 74.8 cm³/mol. The van der Waals surface area contributed by atoms with Crippen LogP contribution in [0.3, 0.4) is 0 Å². The van der Waals surface area contributed by atoms with Crippen LogP contribution in [-0.2, 0) is 0 Å². The average molecular weight is 217 g/mol. The number of anilines is 1. The topological polar surface area (TPSA) is 26.0 Å². The Morgan fingerprint density at radius 2 is 1.59 bits per heavy atom. The van der Waals surface area contributed by atoms with Crippen molar-refractivity contribution in [3.63, 3.8) is 0 Å². The maximum absolute atomic E-state index is 6.02. The van der Waals surface area contributed by atoms with Crippen molar-refractivity contribution in [3.05, 3.63) is 53.6 Å². The second-order valence-corrected chi connectivity index (χ2v) is 4.51. The third-order valence-corrected chi connectivity index (χ3v) is 3.56. The van der Waals surface area contributed by atoms with Crippen molar-refractivity contribution in [2.75, 3.05) is 5.73 Å². The molecule has 0 aliphatic heterocycles. The van der Waals surface area contributed by atoms with Gasteiger partial charge in [-0.2, -0.15) is 0 Å². The van der Waals surface area contributed by atoms with Crippen molar-refractivity contribution < 1.29 is 0 Å². The van der Waals surface area contributed by atoms with Gasteiger partial charge in [0.15, 0.2) is 0 Å². The second-order valence-electron chi connectivity index (χ2n) is 4.51. The Morgan fingerprint density at radius 1 is 0.765 bits per heavy atom. The minimum absolute atomic E-state index is 0.864. The molecule has 0 unspecified atom stereocenters. The molecule has 1 heteroatoms. The van der Waals surface area contributed by atoms with Crippen LogP contribution < -0.4 is 5.73 Å². The van der Waals surface area contributed by atoms with Crippen molar-refractivity contribution in [1.29, 1.82) is 0 Å². The van der Waals surface area contributed by atoms with Gasteiger partial charge in [-0.25, -0.2) is 0 Å². The molecule has 0 aromatic heterocycles. The Bertz CT molecular complexity index is 797. The molecule has 0 spiro atoms. The number of hydrogen-bond donors (Lipinski definition) is 1. The summed E-state index contributed by atoms with van der Waals surface area (Å²) in [4.78, 5) is 0. The molecule has 0 saturated heterocycles. The van der Waals surface area contributed by atoms with Crippen molar-refractivity contribution in [2.24, 2.45) is 0 Å². The van der Waals surface area contributed by atoms with Crippen LogP contribution >= 0.6 is 0 Å². The van der Waals surface area contributed by atoms with Gasteiger partial charge >= 0.3 is 0 Å². The molecule has 0 radical (unpaired) electrons. The average Bonchev–Trinajstić information content (AvgIpc) is 2.80. The van der Waals surface area contributed by atoms with E-state index in [1.807, 2.05) is 6.07 Å². The molecule has 0 atom stereocenters. The summed E-state index contributed by atoms with van der Waals surface area (Å²) in [5.74, 6) is 0. The lowest BCUT2D eigenvalue weighted by Crippen LogP contribution is -1.89. The van der Waals surface area contributed by atoms with E-state index >= 15 is 0 Å². The van der Waals surface area contributed by atoms with E-state index in [1.54, 1.807) is 0 Å². The molecule has 0 heterocycles. The first-order valence-electron chi connectivity index (χ1n) is 5.76. The zero-order valence-corrected chi connectivity index (χ0v) is 9.27. The lowest BCUT2D eigenvalue weighted by molar-refractivity contribution is 1.72. The van der Waals surface area contributed by atoms with Gasteiger partial charge in [-0.05, 0) is 39.2 Å². The number of nitrogen functional groups attached to an aromatic ring is 1. The molecule has 1 aliphatic carbocycles. The Kier molecular flexibility index (Phi) is 1.50. The maximum Gasteiger partial charge on any atom is 0.0394 e. The van der Waals surface area contributed by atoms with Gasteiger partial charge in [-0.15, -0.1) is 0 Å². The minimum Gasteiger partial charge on any atom is -0.398 e. The molecular weight excluding hydrogens is 206 g/mol. The van der Waals surface area contributed by atoms with Gasteiger partial charge in [0.05, 0.1) is 0 Å². The van der Waals surface area contributed by atoms with E-state index in [4.69, 9.17) is 5.73 Å². The number of hydrogen-bond acceptors (Lipinski definition) is 1. The first-order valence-corrected chi connectivity index (χ1v) is 5.76. The monoisotopic (exact) mass is 217 g/mol. The zero-order valence-electron chi connectivity index (χ0n) is 9.27. The molecule has 17 heavy (non-hydrogen) atoms. The number of benzene rings is 3. The van der Waals surface area contributed by atoms with E-state index in [2.05, 4.69) is 48.6 Å². The SMILES string of the molecule is Nc1ccc2cc3ccccc3c3c2c1C=C3. The Morgan fingerprint density at radius 3 is 2.53 bits per heavy atom. The summed E-state index contributed by atoms with van der Waals surface area (Å²) < 4.78 is 0. The summed E-state index contributed by atoms with van der Waals surface area (Å²) >= 11 is 0. The molecule has 4 rings (SSSR count). The fraction of sp³-hybridized carbons (Fsp3) is 0. The molecular formula is C16H11N. The molecule has 3 aromatic rings. The van der Waals surface area contributed by atoms with Crippen molar-refractivity contribution >= 4 is 39.4 Å². The molecule has 2 N–H and O–H groups in total. The first-order chi connectivity index (χ1) is 8.34. The third-order valence-electron chi connectivity index (χ3n) is 3.56. The second kappa shape index (κ2) is 2.89. The summed E-state index contributed by atoms with van der Waals surface area (Å²) in [5.41, 5.74) is 9.36. The van der Waals surface area contributed by atoms with Gasteiger partial charge in [0.1, 0.15) is 0 Å². The van der Waals surface area contributed by atoms with Crippen molar-refractivity contribution in [1.82, 2.24) is 0 Å². The quantitative estimate of drug-likeness (QED) is 0.349. The minimum atomic E-state index is 0.864. The third kappa shape index (κ3) is 1.03. The van der Waals surface area contributed by atoms with E-state index in [-0.39, 0.29) is 0 Å². The molecule has 0 bridgehead atoms. The highest BCUT2D eigenvalue weighted by atomic mass is 14.6. The van der Waals surface area contributed by atoms with Crippen LogP contribution in [0, 0.1) is 0 Å². The summed E-state index contributed by atoms with van der Waals surface area (Å²) in [6.07, 6.45) is 4.30. The Hall–Kier alpha value is -2.28. The smallest absolute Gasteiger partial charge is 0.0394 e. The van der Waals surface area contributed by atoms with E-state index < -0.39 is 0 Å². The van der Waals surface area contributed by atoms with E-state index in [1.165, 1.54) is 32.7 Å². The zero-order chi connectivity index (χ0) is 11.4. The van der Waals surface area contributed by atoms with Crippen LogP contribution in [0.4, 0.5) is 5.69 Å². The van der Waals surface area contributed by atoms with Gasteiger partial charge < -0.3 is 5.73 Å². The van der Waals surface area contributed by atoms with Gasteiger partial charge in [-0.3, -0.25) is 0 Å².